The van der Waals surface area contributed by atoms with Gasteiger partial charge >= 0.3 is 0 Å². The highest BCUT2D eigenvalue weighted by Gasteiger charge is 2.21. The highest BCUT2D eigenvalue weighted by atomic mass is 19.1. The van der Waals surface area contributed by atoms with Crippen LogP contribution in [0.2, 0.25) is 0 Å². The Morgan fingerprint density at radius 2 is 1.81 bits per heavy atom. The largest absolute Gasteiger partial charge is 0.340 e. The van der Waals surface area contributed by atoms with Crippen molar-refractivity contribution in [1.29, 1.82) is 0 Å². The number of aromatic nitrogens is 2. The van der Waals surface area contributed by atoms with Crippen molar-refractivity contribution < 1.29 is 9.18 Å². The zero-order valence-corrected chi connectivity index (χ0v) is 14.5. The van der Waals surface area contributed by atoms with Gasteiger partial charge in [0.05, 0.1) is 18.3 Å². The van der Waals surface area contributed by atoms with Crippen LogP contribution in [0, 0.1) is 5.82 Å². The summed E-state index contributed by atoms with van der Waals surface area (Å²) in [6.07, 6.45) is 4.27. The van der Waals surface area contributed by atoms with Crippen molar-refractivity contribution in [3.8, 4) is 0 Å². The molecule has 0 unspecified atom stereocenters. The topological polar surface area (TPSA) is 40.9 Å². The van der Waals surface area contributed by atoms with E-state index in [1.807, 2.05) is 35.5 Å². The molecule has 6 heteroatoms. The molecule has 2 aromatic heterocycles. The van der Waals surface area contributed by atoms with E-state index in [0.717, 1.165) is 49.6 Å². The average molecular weight is 352 g/mol. The number of imidazole rings is 1. The molecule has 0 spiro atoms. The molecule has 0 radical (unpaired) electrons. The summed E-state index contributed by atoms with van der Waals surface area (Å²) in [7, 11) is 0. The van der Waals surface area contributed by atoms with E-state index >= 15 is 0 Å². The second-order valence-electron chi connectivity index (χ2n) is 6.64. The summed E-state index contributed by atoms with van der Waals surface area (Å²) in [6.45, 7) is 3.95. The maximum absolute atomic E-state index is 13.0. The number of amides is 1. The first-order chi connectivity index (χ1) is 12.7. The molecule has 0 aliphatic carbocycles. The Hall–Kier alpha value is -2.73. The van der Waals surface area contributed by atoms with Gasteiger partial charge in [-0.1, -0.05) is 18.2 Å². The van der Waals surface area contributed by atoms with Crippen LogP contribution in [0.1, 0.15) is 11.3 Å². The molecule has 134 valence electrons. The maximum atomic E-state index is 13.0. The average Bonchev–Trinajstić information content (AvgIpc) is 3.07. The van der Waals surface area contributed by atoms with Gasteiger partial charge in [0.1, 0.15) is 11.5 Å². The van der Waals surface area contributed by atoms with Crippen molar-refractivity contribution in [2.45, 2.75) is 13.0 Å². The molecular weight excluding hydrogens is 331 g/mol. The van der Waals surface area contributed by atoms with Gasteiger partial charge in [-0.15, -0.1) is 0 Å². The first-order valence-corrected chi connectivity index (χ1v) is 8.84. The number of hydrogen-bond acceptors (Lipinski definition) is 3. The van der Waals surface area contributed by atoms with Crippen LogP contribution < -0.4 is 0 Å². The third-order valence-corrected chi connectivity index (χ3v) is 4.87. The van der Waals surface area contributed by atoms with Crippen LogP contribution >= 0.6 is 0 Å². The highest BCUT2D eigenvalue weighted by molar-refractivity contribution is 5.78. The number of nitrogens with zero attached hydrogens (tertiary/aromatic N) is 4. The van der Waals surface area contributed by atoms with Crippen LogP contribution in [0.25, 0.3) is 5.65 Å². The van der Waals surface area contributed by atoms with Gasteiger partial charge in [-0.25, -0.2) is 9.37 Å². The fourth-order valence-corrected chi connectivity index (χ4v) is 3.38. The molecule has 1 fully saturated rings. The van der Waals surface area contributed by atoms with E-state index in [0.29, 0.717) is 6.42 Å². The van der Waals surface area contributed by atoms with Crippen molar-refractivity contribution in [2.75, 3.05) is 26.2 Å². The summed E-state index contributed by atoms with van der Waals surface area (Å²) in [4.78, 5) is 21.1. The van der Waals surface area contributed by atoms with Crippen LogP contribution in [0.15, 0.2) is 54.9 Å². The van der Waals surface area contributed by atoms with E-state index < -0.39 is 0 Å². The molecule has 5 nitrogen and oxygen atoms in total. The van der Waals surface area contributed by atoms with Gasteiger partial charge in [0, 0.05) is 38.9 Å². The number of fused-ring (bicyclic) bond motifs is 1. The number of piperazine rings is 1. The molecule has 1 amide bonds. The minimum absolute atomic E-state index is 0.103. The van der Waals surface area contributed by atoms with Crippen molar-refractivity contribution in [3.05, 3.63) is 71.9 Å². The molecule has 3 heterocycles. The van der Waals surface area contributed by atoms with Gasteiger partial charge in [-0.05, 0) is 29.8 Å². The van der Waals surface area contributed by atoms with Crippen molar-refractivity contribution in [2.24, 2.45) is 0 Å². The quantitative estimate of drug-likeness (QED) is 0.724. The first kappa shape index (κ1) is 16.7. The number of hydrogen-bond donors (Lipinski definition) is 0. The van der Waals surface area contributed by atoms with Crippen molar-refractivity contribution in [3.63, 3.8) is 0 Å². The van der Waals surface area contributed by atoms with Crippen LogP contribution in [0.4, 0.5) is 4.39 Å². The van der Waals surface area contributed by atoms with Crippen LogP contribution in [-0.4, -0.2) is 51.3 Å². The molecule has 1 aromatic carbocycles. The van der Waals surface area contributed by atoms with Gasteiger partial charge < -0.3 is 9.30 Å². The Labute approximate surface area is 151 Å². The summed E-state index contributed by atoms with van der Waals surface area (Å²) in [5, 5.41) is 0. The molecule has 0 atom stereocenters. The second-order valence-corrected chi connectivity index (χ2v) is 6.64. The van der Waals surface area contributed by atoms with Crippen molar-refractivity contribution in [1.82, 2.24) is 19.2 Å². The third kappa shape index (κ3) is 3.60. The van der Waals surface area contributed by atoms with E-state index in [1.165, 1.54) is 12.1 Å². The lowest BCUT2D eigenvalue weighted by molar-refractivity contribution is -0.132. The molecule has 0 bridgehead atoms. The molecule has 4 rings (SSSR count). The summed E-state index contributed by atoms with van der Waals surface area (Å²) < 4.78 is 15.1. The van der Waals surface area contributed by atoms with E-state index in [1.54, 1.807) is 12.1 Å². The van der Waals surface area contributed by atoms with E-state index in [2.05, 4.69) is 14.3 Å². The SMILES string of the molecule is O=C(Cc1ccc(F)cc1)N1CCN(Cc2cnc3ccccn23)CC1. The lowest BCUT2D eigenvalue weighted by Gasteiger charge is -2.34. The second kappa shape index (κ2) is 7.25. The normalized spacial score (nSPS) is 15.5. The predicted octanol–water partition coefficient (Wildman–Crippen LogP) is 2.36. The Morgan fingerprint density at radius 1 is 1.04 bits per heavy atom. The summed E-state index contributed by atoms with van der Waals surface area (Å²) >= 11 is 0. The van der Waals surface area contributed by atoms with Gasteiger partial charge in [0.25, 0.3) is 0 Å². The molecule has 3 aromatic rings. The lowest BCUT2D eigenvalue weighted by atomic mass is 10.1. The monoisotopic (exact) mass is 352 g/mol. The van der Waals surface area contributed by atoms with Gasteiger partial charge in [-0.2, -0.15) is 0 Å². The number of pyridine rings is 1. The molecule has 1 aliphatic heterocycles. The smallest absolute Gasteiger partial charge is 0.227 e. The Kier molecular flexibility index (Phi) is 4.67. The molecule has 1 aliphatic rings. The first-order valence-electron chi connectivity index (χ1n) is 8.84. The van der Waals surface area contributed by atoms with E-state index in [9.17, 15) is 9.18 Å². The van der Waals surface area contributed by atoms with Crippen molar-refractivity contribution >= 4 is 11.6 Å². The minimum Gasteiger partial charge on any atom is -0.340 e. The zero-order chi connectivity index (χ0) is 17.9. The van der Waals surface area contributed by atoms with Gasteiger partial charge in [0.15, 0.2) is 0 Å². The predicted molar refractivity (Wildman–Crippen MR) is 97.2 cm³/mol. The maximum Gasteiger partial charge on any atom is 0.227 e. The third-order valence-electron chi connectivity index (χ3n) is 4.87. The highest BCUT2D eigenvalue weighted by Crippen LogP contribution is 2.12. The Balaban J connectivity index is 1.32. The number of benzene rings is 1. The molecule has 0 saturated carbocycles. The van der Waals surface area contributed by atoms with Gasteiger partial charge in [0.2, 0.25) is 5.91 Å². The summed E-state index contributed by atoms with van der Waals surface area (Å²) in [5.74, 6) is -0.173. The van der Waals surface area contributed by atoms with Crippen LogP contribution in [0.3, 0.4) is 0 Å². The van der Waals surface area contributed by atoms with Gasteiger partial charge in [-0.3, -0.25) is 9.69 Å². The van der Waals surface area contributed by atoms with Crippen LogP contribution in [0.5, 0.6) is 0 Å². The Morgan fingerprint density at radius 3 is 2.58 bits per heavy atom. The molecule has 0 N–H and O–H groups in total. The summed E-state index contributed by atoms with van der Waals surface area (Å²) in [6, 6.07) is 12.1. The fourth-order valence-electron chi connectivity index (χ4n) is 3.38. The minimum atomic E-state index is -0.276. The Bertz CT molecular complexity index is 898. The fraction of sp³-hybridized carbons (Fsp3) is 0.300. The number of rotatable bonds is 4. The standard InChI is InChI=1S/C20H21FN4O/c21-17-6-4-16(5-7-17)13-20(26)24-11-9-23(10-12-24)15-18-14-22-19-3-1-2-8-25(18)19/h1-8,14H,9-13,15H2. The number of carbonyl (C=O) groups is 1. The summed E-state index contributed by atoms with van der Waals surface area (Å²) in [5.41, 5.74) is 2.96. The molecule has 1 saturated heterocycles. The lowest BCUT2D eigenvalue weighted by Crippen LogP contribution is -2.48. The molecule has 26 heavy (non-hydrogen) atoms. The number of carbonyl (C=O) groups excluding carboxylic acids is 1. The zero-order valence-electron chi connectivity index (χ0n) is 14.5. The van der Waals surface area contributed by atoms with E-state index in [4.69, 9.17) is 0 Å². The molecular formula is C20H21FN4O. The van der Waals surface area contributed by atoms with Crippen LogP contribution in [-0.2, 0) is 17.8 Å². The van der Waals surface area contributed by atoms with E-state index in [-0.39, 0.29) is 11.7 Å². The number of halogens is 1.